The lowest BCUT2D eigenvalue weighted by atomic mass is 10.1. The zero-order chi connectivity index (χ0) is 18.5. The number of halogens is 1. The van der Waals surface area contributed by atoms with Crippen molar-refractivity contribution in [3.63, 3.8) is 0 Å². The SMILES string of the molecule is Clc1ccc(-c2noc(CN3CCC(OCC4CCCCO4)CC3)n2)cc1. The van der Waals surface area contributed by atoms with Crippen LogP contribution in [0.1, 0.15) is 38.0 Å². The van der Waals surface area contributed by atoms with Crippen molar-refractivity contribution < 1.29 is 14.0 Å². The minimum Gasteiger partial charge on any atom is -0.376 e. The van der Waals surface area contributed by atoms with Crippen LogP contribution in [0.2, 0.25) is 5.02 Å². The van der Waals surface area contributed by atoms with E-state index in [1.165, 1.54) is 12.8 Å². The minimum absolute atomic E-state index is 0.293. The van der Waals surface area contributed by atoms with E-state index < -0.39 is 0 Å². The number of piperidine rings is 1. The van der Waals surface area contributed by atoms with E-state index in [2.05, 4.69) is 15.0 Å². The van der Waals surface area contributed by atoms with Gasteiger partial charge in [0.15, 0.2) is 0 Å². The normalized spacial score (nSPS) is 22.2. The van der Waals surface area contributed by atoms with Crippen molar-refractivity contribution in [2.75, 3.05) is 26.3 Å². The summed E-state index contributed by atoms with van der Waals surface area (Å²) in [5.41, 5.74) is 0.909. The summed E-state index contributed by atoms with van der Waals surface area (Å²) in [6, 6.07) is 7.46. The second-order valence-electron chi connectivity index (χ2n) is 7.32. The molecule has 1 unspecified atom stereocenters. The van der Waals surface area contributed by atoms with Crippen molar-refractivity contribution in [1.29, 1.82) is 0 Å². The van der Waals surface area contributed by atoms with Gasteiger partial charge in [-0.05, 0) is 56.4 Å². The Bertz CT molecular complexity index is 708. The van der Waals surface area contributed by atoms with Gasteiger partial charge in [-0.2, -0.15) is 4.98 Å². The highest BCUT2D eigenvalue weighted by Gasteiger charge is 2.23. The van der Waals surface area contributed by atoms with E-state index >= 15 is 0 Å². The average molecular weight is 392 g/mol. The maximum Gasteiger partial charge on any atom is 0.241 e. The molecule has 0 N–H and O–H groups in total. The molecule has 0 spiro atoms. The quantitative estimate of drug-likeness (QED) is 0.743. The van der Waals surface area contributed by atoms with Gasteiger partial charge < -0.3 is 14.0 Å². The van der Waals surface area contributed by atoms with Crippen LogP contribution in [-0.4, -0.2) is 53.6 Å². The Balaban J connectivity index is 1.22. The van der Waals surface area contributed by atoms with Crippen LogP contribution in [-0.2, 0) is 16.0 Å². The van der Waals surface area contributed by atoms with Gasteiger partial charge in [0.25, 0.3) is 0 Å². The lowest BCUT2D eigenvalue weighted by Gasteiger charge is -2.32. The minimum atomic E-state index is 0.293. The maximum absolute atomic E-state index is 6.08. The summed E-state index contributed by atoms with van der Waals surface area (Å²) in [7, 11) is 0. The lowest BCUT2D eigenvalue weighted by molar-refractivity contribution is -0.0756. The first-order chi connectivity index (χ1) is 13.3. The average Bonchev–Trinajstić information content (AvgIpc) is 3.17. The van der Waals surface area contributed by atoms with Gasteiger partial charge in [-0.1, -0.05) is 16.8 Å². The van der Waals surface area contributed by atoms with Gasteiger partial charge in [-0.25, -0.2) is 0 Å². The highest BCUT2D eigenvalue weighted by atomic mass is 35.5. The third-order valence-electron chi connectivity index (χ3n) is 5.26. The van der Waals surface area contributed by atoms with Crippen molar-refractivity contribution in [3.8, 4) is 11.4 Å². The molecule has 2 aliphatic heterocycles. The number of hydrogen-bond acceptors (Lipinski definition) is 6. The number of nitrogens with zero attached hydrogens (tertiary/aromatic N) is 3. The van der Waals surface area contributed by atoms with Crippen LogP contribution in [0.15, 0.2) is 28.8 Å². The van der Waals surface area contributed by atoms with E-state index in [-0.39, 0.29) is 0 Å². The molecule has 1 atom stereocenters. The molecular formula is C20H26ClN3O3. The lowest BCUT2D eigenvalue weighted by Crippen LogP contribution is -2.38. The van der Waals surface area contributed by atoms with Crippen LogP contribution in [0.5, 0.6) is 0 Å². The van der Waals surface area contributed by atoms with Gasteiger partial charge in [0.05, 0.1) is 25.4 Å². The molecule has 2 aromatic rings. The van der Waals surface area contributed by atoms with Crippen molar-refractivity contribution in [2.45, 2.75) is 50.9 Å². The van der Waals surface area contributed by atoms with Gasteiger partial charge >= 0.3 is 0 Å². The van der Waals surface area contributed by atoms with E-state index in [4.69, 9.17) is 25.6 Å². The molecule has 0 radical (unpaired) electrons. The Labute approximate surface area is 164 Å². The Morgan fingerprint density at radius 2 is 1.93 bits per heavy atom. The molecule has 2 fully saturated rings. The third-order valence-corrected chi connectivity index (χ3v) is 5.51. The molecule has 4 rings (SSSR count). The summed E-state index contributed by atoms with van der Waals surface area (Å²) in [6.07, 6.45) is 6.27. The Hall–Kier alpha value is -1.47. The summed E-state index contributed by atoms with van der Waals surface area (Å²) in [6.45, 7) is 4.26. The van der Waals surface area contributed by atoms with E-state index in [1.807, 2.05) is 24.3 Å². The molecule has 27 heavy (non-hydrogen) atoms. The summed E-state index contributed by atoms with van der Waals surface area (Å²) in [4.78, 5) is 6.85. The first-order valence-electron chi connectivity index (χ1n) is 9.80. The fourth-order valence-corrected chi connectivity index (χ4v) is 3.77. The monoisotopic (exact) mass is 391 g/mol. The number of ether oxygens (including phenoxy) is 2. The van der Waals surface area contributed by atoms with Crippen molar-refractivity contribution >= 4 is 11.6 Å². The Morgan fingerprint density at radius 3 is 2.67 bits per heavy atom. The molecule has 0 amide bonds. The molecule has 0 bridgehead atoms. The molecular weight excluding hydrogens is 366 g/mol. The standard InChI is InChI=1S/C20H26ClN3O3/c21-16-6-4-15(5-7-16)20-22-19(27-23-20)13-24-10-8-17(9-11-24)26-14-18-3-1-2-12-25-18/h4-7,17-18H,1-3,8-14H2. The molecule has 1 aromatic heterocycles. The maximum atomic E-state index is 6.08. The number of rotatable bonds is 6. The fraction of sp³-hybridized carbons (Fsp3) is 0.600. The molecule has 2 aliphatic rings. The van der Waals surface area contributed by atoms with Gasteiger partial charge in [0.2, 0.25) is 11.7 Å². The number of likely N-dealkylation sites (tertiary alicyclic amines) is 1. The fourth-order valence-electron chi connectivity index (χ4n) is 3.64. The van der Waals surface area contributed by atoms with Gasteiger partial charge in [-0.15, -0.1) is 0 Å². The van der Waals surface area contributed by atoms with Crippen LogP contribution in [0.4, 0.5) is 0 Å². The first-order valence-corrected chi connectivity index (χ1v) is 10.2. The van der Waals surface area contributed by atoms with Crippen LogP contribution in [0.25, 0.3) is 11.4 Å². The second kappa shape index (κ2) is 9.15. The van der Waals surface area contributed by atoms with Gasteiger partial charge in [-0.3, -0.25) is 4.90 Å². The molecule has 0 aliphatic carbocycles. The molecule has 146 valence electrons. The highest BCUT2D eigenvalue weighted by Crippen LogP contribution is 2.21. The first kappa shape index (κ1) is 18.9. The largest absolute Gasteiger partial charge is 0.376 e. The molecule has 3 heterocycles. The zero-order valence-corrected chi connectivity index (χ0v) is 16.2. The second-order valence-corrected chi connectivity index (χ2v) is 7.75. The van der Waals surface area contributed by atoms with Gasteiger partial charge in [0.1, 0.15) is 0 Å². The number of hydrogen-bond donors (Lipinski definition) is 0. The molecule has 1 aromatic carbocycles. The van der Waals surface area contributed by atoms with E-state index in [0.717, 1.165) is 51.1 Å². The zero-order valence-electron chi connectivity index (χ0n) is 15.5. The summed E-state index contributed by atoms with van der Waals surface area (Å²) in [5, 5.41) is 4.78. The van der Waals surface area contributed by atoms with Crippen molar-refractivity contribution in [2.24, 2.45) is 0 Å². The predicted octanol–water partition coefficient (Wildman–Crippen LogP) is 3.94. The molecule has 0 saturated carbocycles. The van der Waals surface area contributed by atoms with E-state index in [1.54, 1.807) is 0 Å². The predicted molar refractivity (Wildman–Crippen MR) is 103 cm³/mol. The number of benzene rings is 1. The topological polar surface area (TPSA) is 60.6 Å². The van der Waals surface area contributed by atoms with Crippen LogP contribution >= 0.6 is 11.6 Å². The smallest absolute Gasteiger partial charge is 0.241 e. The summed E-state index contributed by atoms with van der Waals surface area (Å²) in [5.74, 6) is 1.25. The Kier molecular flexibility index (Phi) is 6.39. The van der Waals surface area contributed by atoms with Crippen LogP contribution in [0.3, 0.4) is 0 Å². The van der Waals surface area contributed by atoms with E-state index in [0.29, 0.717) is 35.5 Å². The van der Waals surface area contributed by atoms with E-state index in [9.17, 15) is 0 Å². The molecule has 2 saturated heterocycles. The van der Waals surface area contributed by atoms with Gasteiger partial charge in [0, 0.05) is 30.3 Å². The third kappa shape index (κ3) is 5.29. The number of aromatic nitrogens is 2. The molecule has 6 nitrogen and oxygen atoms in total. The van der Waals surface area contributed by atoms with Crippen molar-refractivity contribution in [3.05, 3.63) is 35.2 Å². The van der Waals surface area contributed by atoms with Crippen LogP contribution in [0, 0.1) is 0 Å². The summed E-state index contributed by atoms with van der Waals surface area (Å²) < 4.78 is 17.2. The highest BCUT2D eigenvalue weighted by molar-refractivity contribution is 6.30. The van der Waals surface area contributed by atoms with Crippen LogP contribution < -0.4 is 0 Å². The van der Waals surface area contributed by atoms with Crippen molar-refractivity contribution in [1.82, 2.24) is 15.0 Å². The molecule has 7 heteroatoms. The summed E-state index contributed by atoms with van der Waals surface area (Å²) >= 11 is 5.92. The Morgan fingerprint density at radius 1 is 1.11 bits per heavy atom.